The van der Waals surface area contributed by atoms with Crippen LogP contribution in [0, 0.1) is 0 Å². The Morgan fingerprint density at radius 1 is 1.11 bits per heavy atom. The van der Waals surface area contributed by atoms with E-state index < -0.39 is 5.97 Å². The van der Waals surface area contributed by atoms with Gasteiger partial charge in [0, 0.05) is 5.56 Å². The van der Waals surface area contributed by atoms with Gasteiger partial charge in [-0.2, -0.15) is 0 Å². The van der Waals surface area contributed by atoms with Crippen molar-refractivity contribution < 1.29 is 14.6 Å². The van der Waals surface area contributed by atoms with Gasteiger partial charge in [-0.25, -0.2) is 0 Å². The zero-order valence-corrected chi connectivity index (χ0v) is 10.9. The molecule has 0 heterocycles. The highest BCUT2D eigenvalue weighted by atomic mass is 35.5. The highest BCUT2D eigenvalue weighted by Crippen LogP contribution is 2.28. The SMILES string of the molecule is O=C(O)Cc1ccc(-c2ccccc2)cc1OCCl. The molecular weight excluding hydrogens is 264 g/mol. The van der Waals surface area contributed by atoms with Crippen molar-refractivity contribution in [1.82, 2.24) is 0 Å². The zero-order chi connectivity index (χ0) is 13.7. The van der Waals surface area contributed by atoms with Gasteiger partial charge in [-0.3, -0.25) is 4.79 Å². The van der Waals surface area contributed by atoms with Crippen LogP contribution < -0.4 is 4.74 Å². The molecule has 0 amide bonds. The van der Waals surface area contributed by atoms with E-state index in [1.54, 1.807) is 6.07 Å². The monoisotopic (exact) mass is 276 g/mol. The van der Waals surface area contributed by atoms with E-state index >= 15 is 0 Å². The number of carboxylic acids is 1. The molecule has 0 atom stereocenters. The van der Waals surface area contributed by atoms with Crippen molar-refractivity contribution in [2.24, 2.45) is 0 Å². The number of carboxylic acid groups (broad SMARTS) is 1. The molecule has 0 aliphatic carbocycles. The Bertz CT molecular complexity index is 567. The van der Waals surface area contributed by atoms with Gasteiger partial charge in [0.25, 0.3) is 0 Å². The number of hydrogen-bond donors (Lipinski definition) is 1. The Labute approximate surface area is 116 Å². The smallest absolute Gasteiger partial charge is 0.307 e. The number of carbonyl (C=O) groups is 1. The zero-order valence-electron chi connectivity index (χ0n) is 10.2. The Balaban J connectivity index is 2.38. The van der Waals surface area contributed by atoms with E-state index in [0.29, 0.717) is 11.3 Å². The lowest BCUT2D eigenvalue weighted by Gasteiger charge is -2.10. The number of hydrogen-bond acceptors (Lipinski definition) is 2. The first-order valence-electron chi connectivity index (χ1n) is 5.79. The third kappa shape index (κ3) is 3.48. The number of rotatable bonds is 5. The van der Waals surface area contributed by atoms with Gasteiger partial charge < -0.3 is 9.84 Å². The number of alkyl halides is 1. The van der Waals surface area contributed by atoms with Crippen molar-refractivity contribution >= 4 is 17.6 Å². The molecule has 19 heavy (non-hydrogen) atoms. The Morgan fingerprint density at radius 2 is 1.84 bits per heavy atom. The highest BCUT2D eigenvalue weighted by Gasteiger charge is 2.09. The number of aliphatic carboxylic acids is 1. The van der Waals surface area contributed by atoms with Crippen molar-refractivity contribution in [2.45, 2.75) is 6.42 Å². The highest BCUT2D eigenvalue weighted by molar-refractivity contribution is 6.17. The summed E-state index contributed by atoms with van der Waals surface area (Å²) in [6.07, 6.45) is -0.0821. The summed E-state index contributed by atoms with van der Waals surface area (Å²) in [5.41, 5.74) is 2.63. The maximum Gasteiger partial charge on any atom is 0.307 e. The van der Waals surface area contributed by atoms with E-state index in [1.165, 1.54) is 0 Å². The van der Waals surface area contributed by atoms with Gasteiger partial charge in [0.2, 0.25) is 0 Å². The molecule has 0 bridgehead atoms. The molecule has 0 saturated carbocycles. The van der Waals surface area contributed by atoms with Crippen molar-refractivity contribution in [1.29, 1.82) is 0 Å². The van der Waals surface area contributed by atoms with Crippen LogP contribution in [0.3, 0.4) is 0 Å². The second-order valence-corrected chi connectivity index (χ2v) is 4.23. The van der Waals surface area contributed by atoms with Crippen LogP contribution in [0.5, 0.6) is 5.75 Å². The maximum absolute atomic E-state index is 10.8. The second kappa shape index (κ2) is 6.25. The Morgan fingerprint density at radius 3 is 2.47 bits per heavy atom. The molecule has 2 aromatic rings. The first-order chi connectivity index (χ1) is 9.20. The van der Waals surface area contributed by atoms with E-state index in [9.17, 15) is 4.79 Å². The fourth-order valence-corrected chi connectivity index (χ4v) is 1.98. The minimum absolute atomic E-state index is 0.00907. The first-order valence-corrected chi connectivity index (χ1v) is 6.33. The van der Waals surface area contributed by atoms with Crippen molar-refractivity contribution in [2.75, 3.05) is 6.07 Å². The fourth-order valence-electron chi connectivity index (χ4n) is 1.87. The Kier molecular flexibility index (Phi) is 4.42. The molecule has 0 aliphatic heterocycles. The van der Waals surface area contributed by atoms with Crippen LogP contribution in [0.4, 0.5) is 0 Å². The van der Waals surface area contributed by atoms with Crippen molar-refractivity contribution in [3.63, 3.8) is 0 Å². The molecular formula is C15H13ClO3. The molecule has 0 spiro atoms. The third-order valence-corrected chi connectivity index (χ3v) is 2.84. The summed E-state index contributed by atoms with van der Waals surface area (Å²) in [7, 11) is 0. The standard InChI is InChI=1S/C15H13ClO3/c16-10-19-14-8-12(11-4-2-1-3-5-11)6-7-13(14)9-15(17)18/h1-8H,9-10H2,(H,17,18). The van der Waals surface area contributed by atoms with Gasteiger partial charge in [-0.05, 0) is 17.2 Å². The molecule has 98 valence electrons. The molecule has 1 N–H and O–H groups in total. The molecule has 0 fully saturated rings. The molecule has 0 unspecified atom stereocenters. The average Bonchev–Trinajstić information content (AvgIpc) is 2.41. The third-order valence-electron chi connectivity index (χ3n) is 2.73. The average molecular weight is 277 g/mol. The van der Waals surface area contributed by atoms with Crippen LogP contribution in [-0.2, 0) is 11.2 Å². The predicted octanol–water partition coefficient (Wildman–Crippen LogP) is 3.56. The normalized spacial score (nSPS) is 10.2. The summed E-state index contributed by atoms with van der Waals surface area (Å²) in [5.74, 6) is -0.384. The summed E-state index contributed by atoms with van der Waals surface area (Å²) in [4.78, 5) is 10.8. The first kappa shape index (κ1) is 13.4. The molecule has 4 heteroatoms. The Hall–Kier alpha value is -2.00. The molecule has 3 nitrogen and oxygen atoms in total. The van der Waals surface area contributed by atoms with Gasteiger partial charge in [-0.1, -0.05) is 54.1 Å². The van der Waals surface area contributed by atoms with Gasteiger partial charge in [0.1, 0.15) is 5.75 Å². The number of ether oxygens (including phenoxy) is 1. The van der Waals surface area contributed by atoms with Gasteiger partial charge in [-0.15, -0.1) is 0 Å². The summed E-state index contributed by atoms with van der Waals surface area (Å²) in [6.45, 7) is 0. The molecule has 0 aliphatic rings. The van der Waals surface area contributed by atoms with E-state index in [4.69, 9.17) is 21.4 Å². The van der Waals surface area contributed by atoms with Gasteiger partial charge in [0.05, 0.1) is 6.42 Å². The van der Waals surface area contributed by atoms with Gasteiger partial charge in [0.15, 0.2) is 6.07 Å². The van der Waals surface area contributed by atoms with Crippen molar-refractivity contribution in [3.05, 3.63) is 54.1 Å². The van der Waals surface area contributed by atoms with E-state index in [0.717, 1.165) is 11.1 Å². The second-order valence-electron chi connectivity index (χ2n) is 4.01. The lowest BCUT2D eigenvalue weighted by Crippen LogP contribution is -2.03. The maximum atomic E-state index is 10.8. The minimum atomic E-state index is -0.896. The lowest BCUT2D eigenvalue weighted by molar-refractivity contribution is -0.136. The summed E-state index contributed by atoms with van der Waals surface area (Å²) < 4.78 is 5.30. The van der Waals surface area contributed by atoms with E-state index in [2.05, 4.69) is 0 Å². The van der Waals surface area contributed by atoms with Crippen LogP contribution >= 0.6 is 11.6 Å². The molecule has 0 saturated heterocycles. The van der Waals surface area contributed by atoms with E-state index in [1.807, 2.05) is 42.5 Å². The quantitative estimate of drug-likeness (QED) is 0.850. The predicted molar refractivity (Wildman–Crippen MR) is 74.6 cm³/mol. The minimum Gasteiger partial charge on any atom is -0.481 e. The van der Waals surface area contributed by atoms with Gasteiger partial charge >= 0.3 is 5.97 Å². The largest absolute Gasteiger partial charge is 0.481 e. The lowest BCUT2D eigenvalue weighted by atomic mass is 10.0. The van der Waals surface area contributed by atoms with Crippen LogP contribution in [0.1, 0.15) is 5.56 Å². The number of benzene rings is 2. The van der Waals surface area contributed by atoms with Crippen LogP contribution in [0.25, 0.3) is 11.1 Å². The molecule has 0 aromatic heterocycles. The van der Waals surface area contributed by atoms with Crippen LogP contribution in [0.2, 0.25) is 0 Å². The van der Waals surface area contributed by atoms with Crippen molar-refractivity contribution in [3.8, 4) is 16.9 Å². The molecule has 0 radical (unpaired) electrons. The van der Waals surface area contributed by atoms with Crippen LogP contribution in [-0.4, -0.2) is 17.1 Å². The molecule has 2 aromatic carbocycles. The number of halogens is 1. The summed E-state index contributed by atoms with van der Waals surface area (Å²) >= 11 is 5.57. The summed E-state index contributed by atoms with van der Waals surface area (Å²) in [6, 6.07) is 15.3. The summed E-state index contributed by atoms with van der Waals surface area (Å²) in [5, 5.41) is 8.86. The molecule has 2 rings (SSSR count). The fraction of sp³-hybridized carbons (Fsp3) is 0.133. The van der Waals surface area contributed by atoms with Crippen LogP contribution in [0.15, 0.2) is 48.5 Å². The van der Waals surface area contributed by atoms with E-state index in [-0.39, 0.29) is 12.5 Å². The topological polar surface area (TPSA) is 46.5 Å².